The van der Waals surface area contributed by atoms with E-state index in [4.69, 9.17) is 5.11 Å². The predicted octanol–water partition coefficient (Wildman–Crippen LogP) is -0.0288. The van der Waals surface area contributed by atoms with Gasteiger partial charge in [-0.3, -0.25) is 4.79 Å². The Balaban J connectivity index is 2.73. The average Bonchev–Trinajstić information content (AvgIpc) is 2.17. The highest BCUT2D eigenvalue weighted by Crippen LogP contribution is 1.94. The van der Waals surface area contributed by atoms with E-state index in [0.717, 1.165) is 17.0 Å². The van der Waals surface area contributed by atoms with Crippen LogP contribution in [0.3, 0.4) is 0 Å². The molecule has 0 unspecified atom stereocenters. The summed E-state index contributed by atoms with van der Waals surface area (Å²) in [5.74, 6) is 0. The Morgan fingerprint density at radius 2 is 2.56 bits per heavy atom. The molecule has 2 N–H and O–H groups in total. The Kier molecular flexibility index (Phi) is 2.02. The molecule has 0 saturated carbocycles. The highest BCUT2D eigenvalue weighted by molar-refractivity contribution is 7.07. The highest BCUT2D eigenvalue weighted by atomic mass is 32.1. The van der Waals surface area contributed by atoms with Gasteiger partial charge < -0.3 is 10.1 Å². The number of aromatic amines is 1. The van der Waals surface area contributed by atoms with Gasteiger partial charge in [-0.05, 0) is 0 Å². The molecular formula is C5H7NO2S. The molecule has 0 radical (unpaired) electrons. The second-order valence-electron chi connectivity index (χ2n) is 1.65. The molecule has 0 fully saturated rings. The van der Waals surface area contributed by atoms with Gasteiger partial charge in [0.1, 0.15) is 0 Å². The van der Waals surface area contributed by atoms with E-state index in [1.807, 2.05) is 0 Å². The molecule has 1 aromatic rings. The lowest BCUT2D eigenvalue weighted by atomic mass is 10.4. The highest BCUT2D eigenvalue weighted by Gasteiger charge is 1.92. The molecule has 0 atom stereocenters. The van der Waals surface area contributed by atoms with Crippen molar-refractivity contribution in [2.24, 2.45) is 0 Å². The summed E-state index contributed by atoms with van der Waals surface area (Å²) >= 11 is 1.12. The molecule has 0 aromatic carbocycles. The topological polar surface area (TPSA) is 53.1 Å². The first kappa shape index (κ1) is 6.51. The van der Waals surface area contributed by atoms with Crippen molar-refractivity contribution < 1.29 is 5.11 Å². The lowest BCUT2D eigenvalue weighted by molar-refractivity contribution is 0.298. The Hall–Kier alpha value is -0.610. The summed E-state index contributed by atoms with van der Waals surface area (Å²) in [6.07, 6.45) is 0.540. The first-order valence-corrected chi connectivity index (χ1v) is 3.48. The zero-order chi connectivity index (χ0) is 6.69. The van der Waals surface area contributed by atoms with Crippen molar-refractivity contribution in [3.63, 3.8) is 0 Å². The molecule has 9 heavy (non-hydrogen) atoms. The molecular weight excluding hydrogens is 138 g/mol. The van der Waals surface area contributed by atoms with Gasteiger partial charge in [-0.2, -0.15) is 0 Å². The van der Waals surface area contributed by atoms with E-state index in [-0.39, 0.29) is 11.5 Å². The fraction of sp³-hybridized carbons (Fsp3) is 0.400. The van der Waals surface area contributed by atoms with Crippen LogP contribution in [0.4, 0.5) is 0 Å². The van der Waals surface area contributed by atoms with Crippen molar-refractivity contribution in [2.45, 2.75) is 6.42 Å². The molecule has 0 amide bonds. The first-order valence-electron chi connectivity index (χ1n) is 2.60. The van der Waals surface area contributed by atoms with Gasteiger partial charge in [0.25, 0.3) is 0 Å². The van der Waals surface area contributed by atoms with Gasteiger partial charge >= 0.3 is 4.87 Å². The number of thiazole rings is 1. The molecule has 1 aromatic heterocycles. The minimum Gasteiger partial charge on any atom is -0.396 e. The quantitative estimate of drug-likeness (QED) is 0.614. The van der Waals surface area contributed by atoms with Crippen LogP contribution < -0.4 is 4.87 Å². The summed E-state index contributed by atoms with van der Waals surface area (Å²) in [6.45, 7) is 0.0900. The number of aliphatic hydroxyl groups excluding tert-OH is 1. The molecule has 4 heteroatoms. The third-order valence-electron chi connectivity index (χ3n) is 0.952. The zero-order valence-electron chi connectivity index (χ0n) is 4.76. The molecule has 0 aliphatic rings. The van der Waals surface area contributed by atoms with Crippen LogP contribution in [0.1, 0.15) is 5.69 Å². The van der Waals surface area contributed by atoms with Crippen molar-refractivity contribution in [3.8, 4) is 0 Å². The van der Waals surface area contributed by atoms with Gasteiger partial charge in [0.15, 0.2) is 0 Å². The molecule has 0 aliphatic carbocycles. The number of hydrogen-bond donors (Lipinski definition) is 2. The second-order valence-corrected chi connectivity index (χ2v) is 2.49. The van der Waals surface area contributed by atoms with E-state index in [2.05, 4.69) is 4.98 Å². The third-order valence-corrected chi connectivity index (χ3v) is 1.67. The molecule has 1 rings (SSSR count). The molecule has 0 bridgehead atoms. The SMILES string of the molecule is O=c1[nH]c(CCO)cs1. The lowest BCUT2D eigenvalue weighted by Gasteiger charge is -1.86. The van der Waals surface area contributed by atoms with Gasteiger partial charge in [-0.25, -0.2) is 0 Å². The normalized spacial score (nSPS) is 9.89. The average molecular weight is 145 g/mol. The molecule has 50 valence electrons. The van der Waals surface area contributed by atoms with Gasteiger partial charge in [0, 0.05) is 24.1 Å². The van der Waals surface area contributed by atoms with E-state index in [0.29, 0.717) is 6.42 Å². The standard InChI is InChI=1S/C5H7NO2S/c7-2-1-4-3-9-5(8)6-4/h3,7H,1-2H2,(H,6,8). The second kappa shape index (κ2) is 2.80. The van der Waals surface area contributed by atoms with Crippen LogP contribution in [0.25, 0.3) is 0 Å². The maximum absolute atomic E-state index is 10.4. The monoisotopic (exact) mass is 145 g/mol. The van der Waals surface area contributed by atoms with E-state index in [1.165, 1.54) is 0 Å². The smallest absolute Gasteiger partial charge is 0.304 e. The molecule has 3 nitrogen and oxygen atoms in total. The van der Waals surface area contributed by atoms with Crippen LogP contribution >= 0.6 is 11.3 Å². The Bertz CT molecular complexity index is 227. The molecule has 0 spiro atoms. The number of H-pyrrole nitrogens is 1. The van der Waals surface area contributed by atoms with Crippen LogP contribution in [-0.4, -0.2) is 16.7 Å². The molecule has 0 aliphatic heterocycles. The van der Waals surface area contributed by atoms with Gasteiger partial charge in [-0.1, -0.05) is 11.3 Å². The number of aliphatic hydroxyl groups is 1. The van der Waals surface area contributed by atoms with Gasteiger partial charge in [-0.15, -0.1) is 0 Å². The minimum absolute atomic E-state index is 0.0570. The lowest BCUT2D eigenvalue weighted by Crippen LogP contribution is -1.97. The Labute approximate surface area is 56.0 Å². The fourth-order valence-corrected chi connectivity index (χ4v) is 1.17. The van der Waals surface area contributed by atoms with Crippen molar-refractivity contribution >= 4 is 11.3 Å². The van der Waals surface area contributed by atoms with E-state index < -0.39 is 0 Å². The van der Waals surface area contributed by atoms with E-state index in [1.54, 1.807) is 5.38 Å². The summed E-state index contributed by atoms with van der Waals surface area (Å²) in [5.41, 5.74) is 0.813. The number of hydrogen-bond acceptors (Lipinski definition) is 3. The third kappa shape index (κ3) is 1.65. The number of aromatic nitrogens is 1. The maximum atomic E-state index is 10.4. The Morgan fingerprint density at radius 1 is 1.78 bits per heavy atom. The number of nitrogens with one attached hydrogen (secondary N) is 1. The summed E-state index contributed by atoms with van der Waals surface area (Å²) < 4.78 is 0. The maximum Gasteiger partial charge on any atom is 0.304 e. The van der Waals surface area contributed by atoms with Crippen molar-refractivity contribution in [1.82, 2.24) is 4.98 Å². The zero-order valence-corrected chi connectivity index (χ0v) is 5.57. The molecule has 1 heterocycles. The van der Waals surface area contributed by atoms with E-state index >= 15 is 0 Å². The van der Waals surface area contributed by atoms with Crippen LogP contribution in [-0.2, 0) is 6.42 Å². The summed E-state index contributed by atoms with van der Waals surface area (Å²) in [7, 11) is 0. The number of rotatable bonds is 2. The van der Waals surface area contributed by atoms with Crippen LogP contribution in [0, 0.1) is 0 Å². The summed E-state index contributed by atoms with van der Waals surface area (Å²) in [6, 6.07) is 0. The minimum atomic E-state index is -0.0570. The van der Waals surface area contributed by atoms with Crippen LogP contribution in [0.15, 0.2) is 10.2 Å². The van der Waals surface area contributed by atoms with Crippen LogP contribution in [0.2, 0.25) is 0 Å². The molecule has 0 saturated heterocycles. The summed E-state index contributed by atoms with van der Waals surface area (Å²) in [5, 5.41) is 10.1. The van der Waals surface area contributed by atoms with Crippen molar-refractivity contribution in [1.29, 1.82) is 0 Å². The first-order chi connectivity index (χ1) is 4.33. The van der Waals surface area contributed by atoms with Crippen molar-refractivity contribution in [2.75, 3.05) is 6.61 Å². The van der Waals surface area contributed by atoms with Gasteiger partial charge in [0.05, 0.1) is 0 Å². The van der Waals surface area contributed by atoms with E-state index in [9.17, 15) is 4.79 Å². The fourth-order valence-electron chi connectivity index (χ4n) is 0.557. The van der Waals surface area contributed by atoms with Gasteiger partial charge in [0.2, 0.25) is 0 Å². The Morgan fingerprint density at radius 3 is 3.00 bits per heavy atom. The van der Waals surface area contributed by atoms with Crippen molar-refractivity contribution in [3.05, 3.63) is 20.7 Å². The van der Waals surface area contributed by atoms with Crippen LogP contribution in [0.5, 0.6) is 0 Å². The predicted molar refractivity (Wildman–Crippen MR) is 35.7 cm³/mol. The largest absolute Gasteiger partial charge is 0.396 e. The summed E-state index contributed by atoms with van der Waals surface area (Å²) in [4.78, 5) is 13.0.